The number of hydrogen-bond donors (Lipinski definition) is 0. The lowest BCUT2D eigenvalue weighted by molar-refractivity contribution is 0.318. The van der Waals surface area contributed by atoms with E-state index in [0.29, 0.717) is 13.2 Å². The number of hydrogen-bond acceptors (Lipinski definition) is 2. The summed E-state index contributed by atoms with van der Waals surface area (Å²) in [5.74, 6) is 0. The summed E-state index contributed by atoms with van der Waals surface area (Å²) in [6.07, 6.45) is 0. The SMILES string of the molecule is C/C(CO[Si](C)(C)C(C)(C)C)=C(/Br)CN=[N+]=[N-]. The first-order valence-corrected chi connectivity index (χ1v) is 9.31. The van der Waals surface area contributed by atoms with Crippen LogP contribution in [-0.2, 0) is 4.43 Å². The van der Waals surface area contributed by atoms with Gasteiger partial charge in [0.2, 0.25) is 0 Å². The van der Waals surface area contributed by atoms with Gasteiger partial charge in [-0.1, -0.05) is 41.8 Å². The molecule has 0 N–H and O–H groups in total. The van der Waals surface area contributed by atoms with Gasteiger partial charge in [0.25, 0.3) is 0 Å². The maximum atomic E-state index is 8.25. The smallest absolute Gasteiger partial charge is 0.192 e. The minimum Gasteiger partial charge on any atom is -0.413 e. The van der Waals surface area contributed by atoms with Gasteiger partial charge in [0.15, 0.2) is 8.32 Å². The standard InChI is InChI=1S/C11H22BrN3OSi/c1-9(10(12)7-14-15-13)8-16-17(5,6)11(2,3)4/h7-8H2,1-6H3/b10-9-. The quantitative estimate of drug-likeness (QED) is 0.305. The molecule has 0 aliphatic rings. The predicted molar refractivity (Wildman–Crippen MR) is 78.8 cm³/mol. The highest BCUT2D eigenvalue weighted by Gasteiger charge is 2.37. The molecule has 0 bridgehead atoms. The highest BCUT2D eigenvalue weighted by Crippen LogP contribution is 2.36. The van der Waals surface area contributed by atoms with E-state index in [1.807, 2.05) is 6.92 Å². The van der Waals surface area contributed by atoms with E-state index in [9.17, 15) is 0 Å². The van der Waals surface area contributed by atoms with E-state index in [0.717, 1.165) is 10.1 Å². The third-order valence-electron chi connectivity index (χ3n) is 3.19. The van der Waals surface area contributed by atoms with Gasteiger partial charge in [0.05, 0.1) is 13.2 Å². The maximum Gasteiger partial charge on any atom is 0.192 e. The monoisotopic (exact) mass is 319 g/mol. The maximum absolute atomic E-state index is 8.25. The second kappa shape index (κ2) is 6.59. The van der Waals surface area contributed by atoms with Gasteiger partial charge in [-0.15, -0.1) is 0 Å². The molecule has 0 fully saturated rings. The zero-order chi connectivity index (χ0) is 13.7. The lowest BCUT2D eigenvalue weighted by atomic mass is 10.2. The minimum absolute atomic E-state index is 0.213. The molecule has 0 aliphatic heterocycles. The molecule has 0 unspecified atom stereocenters. The van der Waals surface area contributed by atoms with Crippen LogP contribution >= 0.6 is 15.9 Å². The summed E-state index contributed by atoms with van der Waals surface area (Å²) < 4.78 is 6.98. The van der Waals surface area contributed by atoms with Gasteiger partial charge in [-0.2, -0.15) is 0 Å². The van der Waals surface area contributed by atoms with Gasteiger partial charge in [0.1, 0.15) is 0 Å². The molecule has 0 rings (SSSR count). The third-order valence-corrected chi connectivity index (χ3v) is 8.60. The van der Waals surface area contributed by atoms with E-state index in [4.69, 9.17) is 9.96 Å². The van der Waals surface area contributed by atoms with E-state index >= 15 is 0 Å². The molecule has 0 saturated carbocycles. The summed E-state index contributed by atoms with van der Waals surface area (Å²) in [6, 6.07) is 0. The van der Waals surface area contributed by atoms with E-state index in [-0.39, 0.29) is 5.04 Å². The molecule has 0 aromatic rings. The van der Waals surface area contributed by atoms with Crippen LogP contribution in [0.1, 0.15) is 27.7 Å². The van der Waals surface area contributed by atoms with Gasteiger partial charge in [-0.3, -0.25) is 0 Å². The van der Waals surface area contributed by atoms with Crippen molar-refractivity contribution in [3.63, 3.8) is 0 Å². The van der Waals surface area contributed by atoms with Crippen LogP contribution in [0.4, 0.5) is 0 Å². The summed E-state index contributed by atoms with van der Waals surface area (Å²) in [7, 11) is -1.70. The molecular formula is C11H22BrN3OSi. The molecule has 0 aromatic heterocycles. The van der Waals surface area contributed by atoms with Gasteiger partial charge < -0.3 is 4.43 Å². The Morgan fingerprint density at radius 3 is 2.35 bits per heavy atom. The van der Waals surface area contributed by atoms with Gasteiger partial charge in [-0.05, 0) is 36.2 Å². The topological polar surface area (TPSA) is 58.0 Å². The number of azide groups is 1. The number of halogens is 1. The second-order valence-corrected chi connectivity index (χ2v) is 11.4. The van der Waals surface area contributed by atoms with Crippen molar-refractivity contribution < 1.29 is 4.43 Å². The molecule has 0 aliphatic carbocycles. The fourth-order valence-electron chi connectivity index (χ4n) is 0.812. The molecule has 98 valence electrons. The molecule has 0 amide bonds. The third kappa shape index (κ3) is 5.72. The Morgan fingerprint density at radius 1 is 1.41 bits per heavy atom. The van der Waals surface area contributed by atoms with Crippen LogP contribution in [-0.4, -0.2) is 21.5 Å². The van der Waals surface area contributed by atoms with Crippen molar-refractivity contribution in [1.29, 1.82) is 0 Å². The lowest BCUT2D eigenvalue weighted by Crippen LogP contribution is -2.41. The summed E-state index contributed by atoms with van der Waals surface area (Å²) in [6.45, 7) is 14.0. The summed E-state index contributed by atoms with van der Waals surface area (Å²) >= 11 is 3.41. The van der Waals surface area contributed by atoms with Gasteiger partial charge >= 0.3 is 0 Å². The highest BCUT2D eigenvalue weighted by molar-refractivity contribution is 9.11. The Labute approximate surface area is 113 Å². The van der Waals surface area contributed by atoms with E-state index in [1.165, 1.54) is 0 Å². The Hall–Kier alpha value is -0.293. The normalized spacial score (nSPS) is 14.1. The zero-order valence-electron chi connectivity index (χ0n) is 11.5. The number of nitrogens with zero attached hydrogens (tertiary/aromatic N) is 3. The van der Waals surface area contributed by atoms with Crippen LogP contribution in [0, 0.1) is 0 Å². The predicted octanol–water partition coefficient (Wildman–Crippen LogP) is 4.99. The van der Waals surface area contributed by atoms with Crippen molar-refractivity contribution in [1.82, 2.24) is 0 Å². The van der Waals surface area contributed by atoms with Crippen molar-refractivity contribution in [2.75, 3.05) is 13.2 Å². The van der Waals surface area contributed by atoms with E-state index < -0.39 is 8.32 Å². The van der Waals surface area contributed by atoms with Crippen molar-refractivity contribution >= 4 is 24.2 Å². The Balaban J connectivity index is 4.52. The average molecular weight is 320 g/mol. The molecule has 0 spiro atoms. The Kier molecular flexibility index (Phi) is 6.48. The Bertz CT molecular complexity index is 341. The van der Waals surface area contributed by atoms with Crippen LogP contribution in [0.2, 0.25) is 18.1 Å². The Morgan fingerprint density at radius 2 is 1.94 bits per heavy atom. The number of rotatable bonds is 5. The molecule has 0 saturated heterocycles. The molecule has 0 atom stereocenters. The molecule has 4 nitrogen and oxygen atoms in total. The van der Waals surface area contributed by atoms with E-state index in [2.05, 4.69) is 59.8 Å². The van der Waals surface area contributed by atoms with Gasteiger partial charge in [-0.25, -0.2) is 0 Å². The van der Waals surface area contributed by atoms with Crippen molar-refractivity contribution in [3.8, 4) is 0 Å². The lowest BCUT2D eigenvalue weighted by Gasteiger charge is -2.36. The first kappa shape index (κ1) is 16.7. The van der Waals surface area contributed by atoms with E-state index in [1.54, 1.807) is 0 Å². The first-order chi connectivity index (χ1) is 7.62. The van der Waals surface area contributed by atoms with Crippen LogP contribution in [0.25, 0.3) is 10.4 Å². The van der Waals surface area contributed by atoms with Crippen LogP contribution < -0.4 is 0 Å². The molecular weight excluding hydrogens is 298 g/mol. The first-order valence-electron chi connectivity index (χ1n) is 5.61. The fraction of sp³-hybridized carbons (Fsp3) is 0.818. The molecule has 0 radical (unpaired) electrons. The van der Waals surface area contributed by atoms with Gasteiger partial charge in [0, 0.05) is 9.39 Å². The zero-order valence-corrected chi connectivity index (χ0v) is 14.1. The molecule has 0 aromatic carbocycles. The van der Waals surface area contributed by atoms with Crippen LogP contribution in [0.5, 0.6) is 0 Å². The highest BCUT2D eigenvalue weighted by atomic mass is 79.9. The minimum atomic E-state index is -1.70. The largest absolute Gasteiger partial charge is 0.413 e. The van der Waals surface area contributed by atoms with Crippen molar-refractivity contribution in [2.45, 2.75) is 45.8 Å². The summed E-state index contributed by atoms with van der Waals surface area (Å²) in [5.41, 5.74) is 9.34. The fourth-order valence-corrected chi connectivity index (χ4v) is 2.05. The van der Waals surface area contributed by atoms with Crippen molar-refractivity contribution in [2.24, 2.45) is 5.11 Å². The summed E-state index contributed by atoms with van der Waals surface area (Å²) in [4.78, 5) is 2.73. The van der Waals surface area contributed by atoms with Crippen molar-refractivity contribution in [3.05, 3.63) is 20.5 Å². The van der Waals surface area contributed by atoms with Crippen LogP contribution in [0.3, 0.4) is 0 Å². The van der Waals surface area contributed by atoms with Crippen LogP contribution in [0.15, 0.2) is 15.2 Å². The molecule has 6 heteroatoms. The molecule has 17 heavy (non-hydrogen) atoms. The molecule has 0 heterocycles. The summed E-state index contributed by atoms with van der Waals surface area (Å²) in [5, 5.41) is 3.73. The second-order valence-electron chi connectivity index (χ2n) is 5.62. The average Bonchev–Trinajstić information content (AvgIpc) is 2.20.